The molecule has 0 atom stereocenters. The number of aryl methyl sites for hydroxylation is 1. The van der Waals surface area contributed by atoms with Crippen LogP contribution in [0.5, 0.6) is 0 Å². The highest BCUT2D eigenvalue weighted by Crippen LogP contribution is 2.22. The summed E-state index contributed by atoms with van der Waals surface area (Å²) in [5, 5.41) is 0.384. The van der Waals surface area contributed by atoms with Crippen LogP contribution in [0.15, 0.2) is 16.9 Å². The highest BCUT2D eigenvalue weighted by Gasteiger charge is 2.16. The largest absolute Gasteiger partial charge is 0.462 e. The Labute approximate surface area is 102 Å². The summed E-state index contributed by atoms with van der Waals surface area (Å²) in [6.07, 6.45) is 0. The maximum atomic E-state index is 11.7. The Morgan fingerprint density at radius 1 is 1.53 bits per heavy atom. The number of benzene rings is 1. The van der Waals surface area contributed by atoms with E-state index in [2.05, 4.69) is 4.98 Å². The van der Waals surface area contributed by atoms with Crippen LogP contribution in [-0.2, 0) is 11.8 Å². The molecule has 17 heavy (non-hydrogen) atoms. The Morgan fingerprint density at radius 3 is 2.88 bits per heavy atom. The molecule has 0 saturated carbocycles. The number of aromatic amines is 1. The molecule has 1 aromatic carbocycles. The van der Waals surface area contributed by atoms with Crippen LogP contribution in [-0.4, -0.2) is 22.1 Å². The quantitative estimate of drug-likeness (QED) is 0.830. The number of hydrogen-bond donors (Lipinski definition) is 1. The van der Waals surface area contributed by atoms with Gasteiger partial charge in [-0.15, -0.1) is 0 Å². The predicted octanol–water partition coefficient (Wildman–Crippen LogP) is 1.70. The van der Waals surface area contributed by atoms with Gasteiger partial charge in [-0.3, -0.25) is 4.57 Å². The molecule has 0 aliphatic carbocycles. The van der Waals surface area contributed by atoms with Crippen molar-refractivity contribution in [3.05, 3.63) is 33.2 Å². The maximum absolute atomic E-state index is 11.7. The molecule has 90 valence electrons. The van der Waals surface area contributed by atoms with Crippen molar-refractivity contribution in [3.63, 3.8) is 0 Å². The van der Waals surface area contributed by atoms with Gasteiger partial charge in [-0.1, -0.05) is 11.6 Å². The lowest BCUT2D eigenvalue weighted by Crippen LogP contribution is -2.11. The van der Waals surface area contributed by atoms with Gasteiger partial charge in [0.2, 0.25) is 0 Å². The summed E-state index contributed by atoms with van der Waals surface area (Å²) in [6.45, 7) is 1.98. The third kappa shape index (κ3) is 1.93. The van der Waals surface area contributed by atoms with E-state index in [9.17, 15) is 9.59 Å². The van der Waals surface area contributed by atoms with Crippen molar-refractivity contribution in [1.29, 1.82) is 0 Å². The zero-order valence-electron chi connectivity index (χ0n) is 9.41. The number of esters is 1. The van der Waals surface area contributed by atoms with Gasteiger partial charge in [0.25, 0.3) is 0 Å². The number of rotatable bonds is 2. The van der Waals surface area contributed by atoms with Crippen LogP contribution in [0, 0.1) is 0 Å². The van der Waals surface area contributed by atoms with Crippen molar-refractivity contribution in [2.45, 2.75) is 6.92 Å². The number of ether oxygens (including phenoxy) is 1. The number of carbonyl (C=O) groups is 1. The van der Waals surface area contributed by atoms with Gasteiger partial charge in [0.15, 0.2) is 0 Å². The van der Waals surface area contributed by atoms with Crippen LogP contribution in [0.4, 0.5) is 0 Å². The number of aromatic nitrogens is 2. The molecule has 0 bridgehead atoms. The number of carbonyl (C=O) groups excluding carboxylic acids is 1. The molecule has 6 heteroatoms. The molecule has 2 aromatic rings. The predicted molar refractivity (Wildman–Crippen MR) is 64.5 cm³/mol. The molecule has 0 aliphatic heterocycles. The van der Waals surface area contributed by atoms with Gasteiger partial charge in [0, 0.05) is 12.1 Å². The molecule has 0 amide bonds. The number of imidazole rings is 1. The van der Waals surface area contributed by atoms with E-state index in [1.165, 1.54) is 10.6 Å². The second kappa shape index (κ2) is 4.25. The van der Waals surface area contributed by atoms with E-state index in [4.69, 9.17) is 16.3 Å². The molecule has 1 N–H and O–H groups in total. The second-order valence-electron chi connectivity index (χ2n) is 3.56. The number of hydrogen-bond acceptors (Lipinski definition) is 3. The first-order valence-corrected chi connectivity index (χ1v) is 5.47. The average Bonchev–Trinajstić information content (AvgIpc) is 2.55. The summed E-state index contributed by atoms with van der Waals surface area (Å²) < 4.78 is 6.30. The topological polar surface area (TPSA) is 64.1 Å². The fourth-order valence-corrected chi connectivity index (χ4v) is 1.87. The summed E-state index contributed by atoms with van der Waals surface area (Å²) in [5.41, 5.74) is 0.991. The van der Waals surface area contributed by atoms with Crippen LogP contribution >= 0.6 is 11.6 Å². The minimum Gasteiger partial charge on any atom is -0.462 e. The molecule has 0 aliphatic rings. The molecule has 0 fully saturated rings. The molecule has 0 spiro atoms. The minimum absolute atomic E-state index is 0.268. The highest BCUT2D eigenvalue weighted by molar-refractivity contribution is 6.31. The molecule has 5 nitrogen and oxygen atoms in total. The Kier molecular flexibility index (Phi) is 2.93. The van der Waals surface area contributed by atoms with Gasteiger partial charge in [-0.05, 0) is 19.1 Å². The van der Waals surface area contributed by atoms with E-state index in [1.54, 1.807) is 20.0 Å². The van der Waals surface area contributed by atoms with Gasteiger partial charge in [0.1, 0.15) is 0 Å². The first-order chi connectivity index (χ1) is 8.04. The van der Waals surface area contributed by atoms with E-state index < -0.39 is 5.97 Å². The summed E-state index contributed by atoms with van der Waals surface area (Å²) in [4.78, 5) is 25.8. The van der Waals surface area contributed by atoms with Crippen LogP contribution < -0.4 is 5.69 Å². The summed E-state index contributed by atoms with van der Waals surface area (Å²) in [7, 11) is 1.60. The Morgan fingerprint density at radius 2 is 2.24 bits per heavy atom. The van der Waals surface area contributed by atoms with Gasteiger partial charge >= 0.3 is 11.7 Å². The number of nitrogens with zero attached hydrogens (tertiary/aromatic N) is 1. The standard InChI is InChI=1S/C11H11ClN2O3/c1-3-17-10(15)7-4-6(12)5-8-9(7)13-11(16)14(8)2/h4-5H,3H2,1-2H3,(H,13,16). The number of halogens is 1. The fourth-order valence-electron chi connectivity index (χ4n) is 1.66. The van der Waals surface area contributed by atoms with Crippen LogP contribution in [0.2, 0.25) is 5.02 Å². The van der Waals surface area contributed by atoms with Gasteiger partial charge in [0.05, 0.1) is 23.2 Å². The molecule has 1 heterocycles. The van der Waals surface area contributed by atoms with Crippen molar-refractivity contribution >= 4 is 28.6 Å². The van der Waals surface area contributed by atoms with Gasteiger partial charge in [-0.25, -0.2) is 9.59 Å². The smallest absolute Gasteiger partial charge is 0.340 e. The lowest BCUT2D eigenvalue weighted by atomic mass is 10.2. The third-order valence-corrected chi connectivity index (χ3v) is 2.69. The molecule has 0 unspecified atom stereocenters. The van der Waals surface area contributed by atoms with Gasteiger partial charge in [-0.2, -0.15) is 0 Å². The van der Waals surface area contributed by atoms with Crippen molar-refractivity contribution in [2.24, 2.45) is 7.05 Å². The van der Waals surface area contributed by atoms with E-state index in [-0.39, 0.29) is 17.9 Å². The first kappa shape index (κ1) is 11.7. The second-order valence-corrected chi connectivity index (χ2v) is 3.99. The Balaban J connectivity index is 2.74. The SMILES string of the molecule is CCOC(=O)c1cc(Cl)cc2c1[nH]c(=O)n2C. The van der Waals surface area contributed by atoms with Crippen LogP contribution in [0.3, 0.4) is 0 Å². The third-order valence-electron chi connectivity index (χ3n) is 2.48. The molecule has 0 saturated heterocycles. The van der Waals surface area contributed by atoms with Crippen molar-refractivity contribution in [3.8, 4) is 0 Å². The van der Waals surface area contributed by atoms with Gasteiger partial charge < -0.3 is 9.72 Å². The summed E-state index contributed by atoms with van der Waals surface area (Å²) in [5.74, 6) is -0.498. The lowest BCUT2D eigenvalue weighted by molar-refractivity contribution is 0.0528. The van der Waals surface area contributed by atoms with Crippen LogP contribution in [0.1, 0.15) is 17.3 Å². The normalized spacial score (nSPS) is 10.8. The number of nitrogens with one attached hydrogen (secondary N) is 1. The zero-order valence-corrected chi connectivity index (χ0v) is 10.2. The zero-order chi connectivity index (χ0) is 12.6. The van der Waals surface area contributed by atoms with E-state index in [1.807, 2.05) is 0 Å². The number of H-pyrrole nitrogens is 1. The molecular weight excluding hydrogens is 244 g/mol. The van der Waals surface area contributed by atoms with E-state index >= 15 is 0 Å². The van der Waals surface area contributed by atoms with Crippen molar-refractivity contribution in [1.82, 2.24) is 9.55 Å². The van der Waals surface area contributed by atoms with Crippen molar-refractivity contribution in [2.75, 3.05) is 6.61 Å². The molecule has 2 rings (SSSR count). The maximum Gasteiger partial charge on any atom is 0.340 e. The van der Waals surface area contributed by atoms with E-state index in [0.717, 1.165) is 0 Å². The lowest BCUT2D eigenvalue weighted by Gasteiger charge is -2.04. The fraction of sp³-hybridized carbons (Fsp3) is 0.273. The number of fused-ring (bicyclic) bond motifs is 1. The molecule has 1 aromatic heterocycles. The summed E-state index contributed by atoms with van der Waals surface area (Å²) >= 11 is 5.91. The first-order valence-electron chi connectivity index (χ1n) is 5.10. The van der Waals surface area contributed by atoms with Crippen molar-refractivity contribution < 1.29 is 9.53 Å². The molecule has 0 radical (unpaired) electrons. The summed E-state index contributed by atoms with van der Waals surface area (Å²) in [6, 6.07) is 3.11. The minimum atomic E-state index is -0.498. The Bertz CT molecular complexity index is 642. The van der Waals surface area contributed by atoms with E-state index in [0.29, 0.717) is 16.1 Å². The Hall–Kier alpha value is -1.75. The molecular formula is C11H11ClN2O3. The monoisotopic (exact) mass is 254 g/mol. The average molecular weight is 255 g/mol. The van der Waals surface area contributed by atoms with Crippen LogP contribution in [0.25, 0.3) is 11.0 Å². The highest BCUT2D eigenvalue weighted by atomic mass is 35.5.